The molecule has 4 rings (SSSR count). The van der Waals surface area contributed by atoms with Crippen molar-refractivity contribution in [1.82, 2.24) is 19.7 Å². The van der Waals surface area contributed by atoms with Crippen molar-refractivity contribution < 1.29 is 4.79 Å². The average Bonchev–Trinajstić information content (AvgIpc) is 3.03. The molecule has 3 aromatic rings. The predicted molar refractivity (Wildman–Crippen MR) is 110 cm³/mol. The minimum Gasteiger partial charge on any atom is -0.317 e. The molecular formula is C22H25N5O. The Hall–Kier alpha value is -3.15. The Balaban J connectivity index is 1.59. The number of pyridine rings is 1. The molecule has 1 N–H and O–H groups in total. The van der Waals surface area contributed by atoms with Gasteiger partial charge in [0.1, 0.15) is 5.82 Å². The first-order chi connectivity index (χ1) is 13.6. The van der Waals surface area contributed by atoms with E-state index in [1.165, 1.54) is 0 Å². The molecule has 0 spiro atoms. The maximum atomic E-state index is 13.2. The Bertz CT molecular complexity index is 952. The van der Waals surface area contributed by atoms with E-state index in [-0.39, 0.29) is 12.1 Å². The van der Waals surface area contributed by atoms with E-state index < -0.39 is 0 Å². The first kappa shape index (κ1) is 18.2. The van der Waals surface area contributed by atoms with Crippen molar-refractivity contribution in [3.8, 4) is 11.3 Å². The van der Waals surface area contributed by atoms with Crippen molar-refractivity contribution in [2.45, 2.75) is 32.2 Å². The van der Waals surface area contributed by atoms with Crippen molar-refractivity contribution in [2.24, 2.45) is 7.05 Å². The Labute approximate surface area is 165 Å². The van der Waals surface area contributed by atoms with E-state index >= 15 is 0 Å². The van der Waals surface area contributed by atoms with Gasteiger partial charge in [0.05, 0.1) is 11.7 Å². The van der Waals surface area contributed by atoms with Gasteiger partial charge in [-0.15, -0.1) is 0 Å². The minimum atomic E-state index is -0.0840. The Morgan fingerprint density at radius 1 is 1.14 bits per heavy atom. The molecule has 0 saturated carbocycles. The van der Waals surface area contributed by atoms with Crippen LogP contribution in [0, 0.1) is 6.92 Å². The summed E-state index contributed by atoms with van der Waals surface area (Å²) in [6, 6.07) is 14.0. The first-order valence-corrected chi connectivity index (χ1v) is 9.71. The molecule has 6 nitrogen and oxygen atoms in total. The van der Waals surface area contributed by atoms with Gasteiger partial charge in [-0.25, -0.2) is 4.79 Å². The highest BCUT2D eigenvalue weighted by molar-refractivity contribution is 5.90. The molecule has 1 aliphatic heterocycles. The van der Waals surface area contributed by atoms with Gasteiger partial charge >= 0.3 is 6.03 Å². The van der Waals surface area contributed by atoms with Gasteiger partial charge in [0.25, 0.3) is 0 Å². The molecule has 1 aliphatic rings. The third-order valence-corrected chi connectivity index (χ3v) is 5.39. The number of carbonyl (C=O) groups excluding carboxylic acids is 1. The van der Waals surface area contributed by atoms with Crippen LogP contribution in [0.4, 0.5) is 10.6 Å². The van der Waals surface area contributed by atoms with Gasteiger partial charge < -0.3 is 4.90 Å². The number of aromatic nitrogens is 3. The molecule has 1 aromatic carbocycles. The van der Waals surface area contributed by atoms with E-state index in [0.717, 1.165) is 54.0 Å². The fraction of sp³-hybridized carbons (Fsp3) is 0.318. The zero-order chi connectivity index (χ0) is 19.5. The average molecular weight is 375 g/mol. The maximum Gasteiger partial charge on any atom is 0.323 e. The van der Waals surface area contributed by atoms with Crippen molar-refractivity contribution >= 4 is 11.8 Å². The second-order valence-corrected chi connectivity index (χ2v) is 7.23. The summed E-state index contributed by atoms with van der Waals surface area (Å²) in [6.07, 6.45) is 6.72. The number of rotatable bonds is 3. The van der Waals surface area contributed by atoms with Gasteiger partial charge in [-0.1, -0.05) is 36.4 Å². The van der Waals surface area contributed by atoms with Crippen LogP contribution < -0.4 is 5.32 Å². The summed E-state index contributed by atoms with van der Waals surface area (Å²) >= 11 is 0. The van der Waals surface area contributed by atoms with Crippen molar-refractivity contribution in [1.29, 1.82) is 0 Å². The number of hydrogen-bond acceptors (Lipinski definition) is 3. The summed E-state index contributed by atoms with van der Waals surface area (Å²) in [5.41, 5.74) is 3.99. The molecule has 2 aromatic heterocycles. The van der Waals surface area contributed by atoms with Gasteiger partial charge in [0.2, 0.25) is 0 Å². The zero-order valence-electron chi connectivity index (χ0n) is 16.3. The van der Waals surface area contributed by atoms with Gasteiger partial charge in [-0.05, 0) is 37.8 Å². The van der Waals surface area contributed by atoms with Crippen molar-refractivity contribution in [3.05, 3.63) is 66.0 Å². The number of likely N-dealkylation sites (tertiary alicyclic amines) is 1. The third kappa shape index (κ3) is 3.50. The monoisotopic (exact) mass is 375 g/mol. The van der Waals surface area contributed by atoms with E-state index in [2.05, 4.69) is 15.4 Å². The number of hydrogen-bond donors (Lipinski definition) is 1. The summed E-state index contributed by atoms with van der Waals surface area (Å²) < 4.78 is 1.75. The van der Waals surface area contributed by atoms with Crippen LogP contribution in [-0.4, -0.2) is 32.2 Å². The van der Waals surface area contributed by atoms with Gasteiger partial charge in [-0.2, -0.15) is 5.10 Å². The van der Waals surface area contributed by atoms with E-state index in [4.69, 9.17) is 0 Å². The quantitative estimate of drug-likeness (QED) is 0.730. The number of urea groups is 1. The summed E-state index contributed by atoms with van der Waals surface area (Å²) in [5.74, 6) is 0.736. The van der Waals surface area contributed by atoms with E-state index in [9.17, 15) is 4.79 Å². The van der Waals surface area contributed by atoms with Gasteiger partial charge in [0.15, 0.2) is 0 Å². The zero-order valence-corrected chi connectivity index (χ0v) is 16.3. The van der Waals surface area contributed by atoms with E-state index in [1.54, 1.807) is 10.9 Å². The Kier molecular flexibility index (Phi) is 5.10. The number of carbonyl (C=O) groups is 1. The molecule has 0 unspecified atom stereocenters. The minimum absolute atomic E-state index is 0.0598. The van der Waals surface area contributed by atoms with Gasteiger partial charge in [-0.3, -0.25) is 15.0 Å². The number of aryl methyl sites for hydroxylation is 1. The number of amides is 2. The third-order valence-electron chi connectivity index (χ3n) is 5.39. The second-order valence-electron chi connectivity index (χ2n) is 7.23. The summed E-state index contributed by atoms with van der Waals surface area (Å²) in [6.45, 7) is 2.74. The maximum absolute atomic E-state index is 13.2. The highest BCUT2D eigenvalue weighted by Gasteiger charge is 2.29. The molecule has 0 aliphatic carbocycles. The van der Waals surface area contributed by atoms with Crippen LogP contribution in [0.1, 0.15) is 36.4 Å². The topological polar surface area (TPSA) is 63.1 Å². The first-order valence-electron chi connectivity index (χ1n) is 9.71. The number of nitrogens with zero attached hydrogens (tertiary/aromatic N) is 4. The van der Waals surface area contributed by atoms with Crippen LogP contribution in [0.25, 0.3) is 11.3 Å². The molecule has 1 atom stereocenters. The second kappa shape index (κ2) is 7.84. The van der Waals surface area contributed by atoms with Gasteiger partial charge in [0, 0.05) is 37.1 Å². The predicted octanol–water partition coefficient (Wildman–Crippen LogP) is 4.55. The Morgan fingerprint density at radius 3 is 2.71 bits per heavy atom. The largest absolute Gasteiger partial charge is 0.323 e. The standard InChI is InChI=1S/C22H25N5O/c1-16-20(17-9-4-3-5-10-17)25-26(2)21(16)24-22(28)27-14-7-6-12-19(27)18-11-8-13-23-15-18/h3-5,8-11,13,15,19H,6-7,12,14H2,1-2H3,(H,24,28)/t19-/m0/s1. The fourth-order valence-electron chi connectivity index (χ4n) is 3.94. The summed E-state index contributed by atoms with van der Waals surface area (Å²) in [5, 5.41) is 7.73. The lowest BCUT2D eigenvalue weighted by Crippen LogP contribution is -2.41. The van der Waals surface area contributed by atoms with E-state index in [1.807, 2.05) is 67.5 Å². The molecule has 1 fully saturated rings. The van der Waals surface area contributed by atoms with Crippen LogP contribution in [0.2, 0.25) is 0 Å². The van der Waals surface area contributed by atoms with Crippen LogP contribution in [-0.2, 0) is 7.05 Å². The fourth-order valence-corrected chi connectivity index (χ4v) is 3.94. The molecule has 28 heavy (non-hydrogen) atoms. The van der Waals surface area contributed by atoms with Crippen molar-refractivity contribution in [3.63, 3.8) is 0 Å². The van der Waals surface area contributed by atoms with Crippen LogP contribution in [0.15, 0.2) is 54.9 Å². The highest BCUT2D eigenvalue weighted by atomic mass is 16.2. The normalized spacial score (nSPS) is 16.8. The molecule has 2 amide bonds. The number of nitrogens with one attached hydrogen (secondary N) is 1. The highest BCUT2D eigenvalue weighted by Crippen LogP contribution is 2.32. The lowest BCUT2D eigenvalue weighted by molar-refractivity contribution is 0.163. The molecule has 1 saturated heterocycles. The number of benzene rings is 1. The SMILES string of the molecule is Cc1c(-c2ccccc2)nn(C)c1NC(=O)N1CCCC[C@H]1c1cccnc1. The lowest BCUT2D eigenvalue weighted by atomic mass is 9.97. The molecule has 6 heteroatoms. The van der Waals surface area contributed by atoms with Crippen LogP contribution in [0.3, 0.4) is 0 Å². The van der Waals surface area contributed by atoms with Crippen LogP contribution >= 0.6 is 0 Å². The molecular weight excluding hydrogens is 350 g/mol. The summed E-state index contributed by atoms with van der Waals surface area (Å²) in [4.78, 5) is 19.3. The summed E-state index contributed by atoms with van der Waals surface area (Å²) in [7, 11) is 1.86. The van der Waals surface area contributed by atoms with Crippen molar-refractivity contribution in [2.75, 3.05) is 11.9 Å². The number of piperidine rings is 1. The number of anilines is 1. The lowest BCUT2D eigenvalue weighted by Gasteiger charge is -2.35. The molecule has 144 valence electrons. The van der Waals surface area contributed by atoms with E-state index in [0.29, 0.717) is 0 Å². The molecule has 3 heterocycles. The Morgan fingerprint density at radius 2 is 1.96 bits per heavy atom. The smallest absolute Gasteiger partial charge is 0.317 e. The molecule has 0 bridgehead atoms. The van der Waals surface area contributed by atoms with Crippen LogP contribution in [0.5, 0.6) is 0 Å². The molecule has 0 radical (unpaired) electrons.